The van der Waals surface area contributed by atoms with Gasteiger partial charge in [-0.3, -0.25) is 43.3 Å². The fourth-order valence-corrected chi connectivity index (χ4v) is 6.51. The van der Waals surface area contributed by atoms with Gasteiger partial charge in [0.1, 0.15) is 29.7 Å². The number of carboxylic acids is 1. The molecule has 0 aliphatic carbocycles. The molecule has 2 rings (SSSR count). The second-order valence-corrected chi connectivity index (χ2v) is 14.2. The maximum Gasteiger partial charge on any atom is 0.305 e. The van der Waals surface area contributed by atoms with Crippen molar-refractivity contribution in [2.75, 3.05) is 26.2 Å². The van der Waals surface area contributed by atoms with Crippen molar-refractivity contribution in [1.29, 1.82) is 0 Å². The third kappa shape index (κ3) is 12.4. The number of carbonyl (C=O) groups excluding carboxylic acids is 7. The molecule has 2 heterocycles. The first-order chi connectivity index (χ1) is 24.3. The molecular weight excluding hydrogens is 680 g/mol. The number of hydrogen-bond acceptors (Lipinski definition) is 9. The van der Waals surface area contributed by atoms with Gasteiger partial charge in [-0.15, -0.1) is 0 Å². The number of aliphatic imine (C=N–C) groups is 1. The van der Waals surface area contributed by atoms with E-state index in [2.05, 4.69) is 26.3 Å². The molecule has 19 nitrogen and oxygen atoms in total. The molecule has 292 valence electrons. The second-order valence-electron chi connectivity index (χ2n) is 14.2. The zero-order valence-electron chi connectivity index (χ0n) is 30.7. The predicted molar refractivity (Wildman–Crippen MR) is 189 cm³/mol. The smallest absolute Gasteiger partial charge is 0.305 e. The third-order valence-electron chi connectivity index (χ3n) is 9.13. The van der Waals surface area contributed by atoms with E-state index in [1.165, 1.54) is 16.7 Å². The van der Waals surface area contributed by atoms with Crippen LogP contribution in [0.15, 0.2) is 4.99 Å². The molecule has 2 aliphatic rings. The Bertz CT molecular complexity index is 1380. The van der Waals surface area contributed by atoms with Crippen LogP contribution in [-0.4, -0.2) is 124 Å². The van der Waals surface area contributed by atoms with Crippen LogP contribution in [0.1, 0.15) is 86.0 Å². The molecule has 0 saturated carbocycles. The van der Waals surface area contributed by atoms with Gasteiger partial charge in [0, 0.05) is 26.6 Å². The minimum absolute atomic E-state index is 0.0689. The number of guanidine groups is 1. The van der Waals surface area contributed by atoms with Gasteiger partial charge in [0.2, 0.25) is 41.4 Å². The van der Waals surface area contributed by atoms with E-state index in [1.807, 2.05) is 13.8 Å². The average Bonchev–Trinajstić information content (AvgIpc) is 3.60. The Hall–Kier alpha value is -4.97. The van der Waals surface area contributed by atoms with E-state index in [0.717, 1.165) is 0 Å². The first-order valence-electron chi connectivity index (χ1n) is 17.6. The molecule has 2 aliphatic heterocycles. The number of carbonyl (C=O) groups is 8. The molecule has 2 saturated heterocycles. The van der Waals surface area contributed by atoms with Gasteiger partial charge in [-0.2, -0.15) is 0 Å². The Labute approximate surface area is 303 Å². The minimum Gasteiger partial charge on any atom is -0.481 e. The summed E-state index contributed by atoms with van der Waals surface area (Å²) in [5.41, 5.74) is 14.8. The fourth-order valence-electron chi connectivity index (χ4n) is 6.51. The number of primary amides is 1. The maximum absolute atomic E-state index is 14.2. The van der Waals surface area contributed by atoms with Crippen molar-refractivity contribution in [1.82, 2.24) is 31.1 Å². The lowest BCUT2D eigenvalue weighted by atomic mass is 9.92. The van der Waals surface area contributed by atoms with Gasteiger partial charge in [0.05, 0.1) is 13.0 Å². The topological polar surface area (TPSA) is 302 Å². The number of nitrogens with one attached hydrogen (secondary N) is 4. The molecule has 0 bridgehead atoms. The normalized spacial score (nSPS) is 19.2. The van der Waals surface area contributed by atoms with Crippen LogP contribution in [0.4, 0.5) is 0 Å². The van der Waals surface area contributed by atoms with Crippen LogP contribution < -0.4 is 38.5 Å². The lowest BCUT2D eigenvalue weighted by Crippen LogP contribution is -2.61. The number of amides is 7. The Kier molecular flexibility index (Phi) is 16.3. The van der Waals surface area contributed by atoms with E-state index in [0.29, 0.717) is 25.7 Å². The summed E-state index contributed by atoms with van der Waals surface area (Å²) >= 11 is 0. The monoisotopic (exact) mass is 736 g/mol. The minimum atomic E-state index is -1.63. The third-order valence-corrected chi connectivity index (χ3v) is 9.13. The van der Waals surface area contributed by atoms with Crippen LogP contribution in [0.3, 0.4) is 0 Å². The van der Waals surface area contributed by atoms with Gasteiger partial charge in [-0.05, 0) is 56.8 Å². The molecule has 1 spiro atoms. The zero-order valence-corrected chi connectivity index (χ0v) is 30.7. The Balaban J connectivity index is 2.28. The van der Waals surface area contributed by atoms with Crippen LogP contribution >= 0.6 is 0 Å². The maximum atomic E-state index is 14.2. The van der Waals surface area contributed by atoms with Crippen LogP contribution in [0.5, 0.6) is 0 Å². The second kappa shape index (κ2) is 19.6. The fraction of sp³-hybridized carbons (Fsp3) is 0.727. The molecule has 19 heteroatoms. The lowest BCUT2D eigenvalue weighted by Gasteiger charge is -2.36. The van der Waals surface area contributed by atoms with E-state index in [4.69, 9.17) is 17.2 Å². The Morgan fingerprint density at radius 2 is 1.46 bits per heavy atom. The number of nitrogens with two attached hydrogens (primary N) is 3. The predicted octanol–water partition coefficient (Wildman–Crippen LogP) is -2.36. The first kappa shape index (κ1) is 43.2. The molecule has 0 radical (unpaired) electrons. The van der Waals surface area contributed by atoms with Crippen molar-refractivity contribution in [3.8, 4) is 0 Å². The molecule has 7 amide bonds. The van der Waals surface area contributed by atoms with Crippen molar-refractivity contribution in [3.05, 3.63) is 0 Å². The van der Waals surface area contributed by atoms with Gasteiger partial charge in [0.15, 0.2) is 5.96 Å². The highest BCUT2D eigenvalue weighted by Gasteiger charge is 2.56. The van der Waals surface area contributed by atoms with E-state index in [1.54, 1.807) is 13.8 Å². The summed E-state index contributed by atoms with van der Waals surface area (Å²) < 4.78 is 0. The van der Waals surface area contributed by atoms with Crippen molar-refractivity contribution >= 4 is 53.3 Å². The summed E-state index contributed by atoms with van der Waals surface area (Å²) in [6.07, 6.45) is 1.56. The summed E-state index contributed by atoms with van der Waals surface area (Å²) in [7, 11) is 0. The molecule has 2 fully saturated rings. The molecule has 11 N–H and O–H groups in total. The van der Waals surface area contributed by atoms with Gasteiger partial charge < -0.3 is 53.4 Å². The summed E-state index contributed by atoms with van der Waals surface area (Å²) in [5.74, 6) is -6.51. The molecule has 0 unspecified atom stereocenters. The number of likely N-dealkylation sites (tertiary alicyclic amines) is 2. The summed E-state index contributed by atoms with van der Waals surface area (Å²) in [6, 6.07) is -5.09. The van der Waals surface area contributed by atoms with Crippen LogP contribution in [0.25, 0.3) is 0 Å². The van der Waals surface area contributed by atoms with Crippen molar-refractivity contribution < 1.29 is 43.5 Å². The molecule has 0 aromatic carbocycles. The highest BCUT2D eigenvalue weighted by Crippen LogP contribution is 2.39. The van der Waals surface area contributed by atoms with Gasteiger partial charge in [-0.1, -0.05) is 27.7 Å². The molecule has 5 atom stereocenters. The lowest BCUT2D eigenvalue weighted by molar-refractivity contribution is -0.149. The van der Waals surface area contributed by atoms with Crippen molar-refractivity contribution in [2.45, 2.75) is 116 Å². The quantitative estimate of drug-likeness (QED) is 0.0372. The van der Waals surface area contributed by atoms with E-state index in [9.17, 15) is 43.5 Å². The molecular formula is C33H56N10O9. The van der Waals surface area contributed by atoms with Gasteiger partial charge in [0.25, 0.3) is 0 Å². The van der Waals surface area contributed by atoms with Crippen molar-refractivity contribution in [2.24, 2.45) is 34.0 Å². The van der Waals surface area contributed by atoms with Gasteiger partial charge >= 0.3 is 5.97 Å². The van der Waals surface area contributed by atoms with Gasteiger partial charge in [-0.25, -0.2) is 0 Å². The summed E-state index contributed by atoms with van der Waals surface area (Å²) in [6.45, 7) is 8.81. The summed E-state index contributed by atoms with van der Waals surface area (Å²) in [4.78, 5) is 110. The average molecular weight is 737 g/mol. The van der Waals surface area contributed by atoms with E-state index < -0.39 is 83.5 Å². The largest absolute Gasteiger partial charge is 0.481 e. The molecule has 52 heavy (non-hydrogen) atoms. The molecule has 0 aromatic rings. The number of nitrogens with zero attached hydrogens (tertiary/aromatic N) is 3. The standard InChI is InChI=1S/C33H56N10O9/c1-18(2)9-10-22(30(51)43-14-7-11-33(43)12-15-42(31(33)52)17-24(34)45)39-29(50)26(19(3)4)41-28(49)23(16-25(46)47)40-27(48)21(38-20(5)44)8-6-13-37-32(35)36/h18-19,21-23,26H,6-17H2,1-5H3,(H2,34,45)(H,38,44)(H,39,50)(H,40,48)(H,41,49)(H,46,47)(H4,35,36,37)/t21-,22-,23-,26-,33+/m1/s1. The number of carboxylic acid groups (broad SMARTS) is 1. The number of rotatable bonds is 20. The molecule has 0 aromatic heterocycles. The van der Waals surface area contributed by atoms with E-state index >= 15 is 0 Å². The Morgan fingerprint density at radius 3 is 2.02 bits per heavy atom. The highest BCUT2D eigenvalue weighted by molar-refractivity contribution is 5.99. The summed E-state index contributed by atoms with van der Waals surface area (Å²) in [5, 5.41) is 19.7. The SMILES string of the molecule is CC(=O)N[C@H](CCCN=C(N)N)C(=O)N[C@H](CC(=O)O)C(=O)N[C@@H](C(=O)N[C@H](CCC(C)C)C(=O)N1CCC[C@@]12CCN(CC(N)=O)C2=O)C(C)C. The number of aliphatic carboxylic acids is 1. The van der Waals surface area contributed by atoms with Crippen LogP contribution in [0, 0.1) is 11.8 Å². The van der Waals surface area contributed by atoms with E-state index in [-0.39, 0.29) is 63.2 Å². The highest BCUT2D eigenvalue weighted by atomic mass is 16.4. The van der Waals surface area contributed by atoms with Crippen LogP contribution in [0.2, 0.25) is 0 Å². The van der Waals surface area contributed by atoms with Crippen molar-refractivity contribution in [3.63, 3.8) is 0 Å². The Morgan fingerprint density at radius 1 is 0.827 bits per heavy atom. The zero-order chi connectivity index (χ0) is 39.3. The van der Waals surface area contributed by atoms with Crippen LogP contribution in [-0.2, 0) is 38.4 Å². The number of hydrogen-bond donors (Lipinski definition) is 8. The first-order valence-corrected chi connectivity index (χ1v) is 17.6.